The van der Waals surface area contributed by atoms with E-state index in [9.17, 15) is 4.79 Å². The van der Waals surface area contributed by atoms with E-state index in [2.05, 4.69) is 44.0 Å². The van der Waals surface area contributed by atoms with Crippen molar-refractivity contribution >= 4 is 23.7 Å². The maximum atomic E-state index is 12.4. The first-order chi connectivity index (χ1) is 14.1. The quantitative estimate of drug-likeness (QED) is 0.624. The molecular weight excluding hydrogens is 366 g/mol. The minimum atomic E-state index is -0.244. The van der Waals surface area contributed by atoms with Crippen molar-refractivity contribution in [1.29, 1.82) is 0 Å². The Balaban J connectivity index is 1.27. The Morgan fingerprint density at radius 2 is 2.03 bits per heavy atom. The van der Waals surface area contributed by atoms with Gasteiger partial charge in [-0.2, -0.15) is 5.10 Å². The van der Waals surface area contributed by atoms with Gasteiger partial charge in [-0.25, -0.2) is 4.79 Å². The van der Waals surface area contributed by atoms with Crippen LogP contribution < -0.4 is 10.6 Å². The Morgan fingerprint density at radius 3 is 2.93 bits per heavy atom. The van der Waals surface area contributed by atoms with Crippen LogP contribution in [0.2, 0.25) is 0 Å². The molecule has 3 N–H and O–H groups in total. The van der Waals surface area contributed by atoms with Gasteiger partial charge in [0.2, 0.25) is 0 Å². The Labute approximate surface area is 169 Å². The number of anilines is 2. The van der Waals surface area contributed by atoms with Crippen LogP contribution in [-0.2, 0) is 4.74 Å². The van der Waals surface area contributed by atoms with Crippen LogP contribution in [0.3, 0.4) is 0 Å². The molecule has 0 unspecified atom stereocenters. The number of hydrogen-bond donors (Lipinski definition) is 3. The number of allylic oxidation sites excluding steroid dienone is 1. The number of aromatic nitrogens is 3. The second-order valence-electron chi connectivity index (χ2n) is 9.42. The molecule has 0 saturated heterocycles. The first-order valence-corrected chi connectivity index (χ1v) is 10.5. The molecule has 29 heavy (non-hydrogen) atoms. The summed E-state index contributed by atoms with van der Waals surface area (Å²) >= 11 is 0. The number of H-pyrrole nitrogens is 1. The minimum absolute atomic E-state index is 0.0183. The van der Waals surface area contributed by atoms with Gasteiger partial charge in [-0.1, -0.05) is 12.2 Å². The Hall–Kier alpha value is -2.83. The molecule has 0 spiro atoms. The monoisotopic (exact) mass is 391 g/mol. The highest BCUT2D eigenvalue weighted by molar-refractivity contribution is 5.70. The van der Waals surface area contributed by atoms with Crippen LogP contribution in [0.1, 0.15) is 62.1 Å². The summed E-state index contributed by atoms with van der Waals surface area (Å²) < 4.78 is 5.75. The minimum Gasteiger partial charge on any atom is -0.446 e. The summed E-state index contributed by atoms with van der Waals surface area (Å²) in [7, 11) is 0. The van der Waals surface area contributed by atoms with E-state index in [0.29, 0.717) is 11.3 Å². The van der Waals surface area contributed by atoms with E-state index in [1.807, 2.05) is 18.5 Å². The first-order valence-electron chi connectivity index (χ1n) is 10.5. The number of aromatic amines is 1. The molecule has 2 aromatic heterocycles. The summed E-state index contributed by atoms with van der Waals surface area (Å²) in [6.45, 7) is 0. The average molecular weight is 391 g/mol. The topological polar surface area (TPSA) is 91.9 Å². The van der Waals surface area contributed by atoms with Gasteiger partial charge in [0.05, 0.1) is 11.9 Å². The highest BCUT2D eigenvalue weighted by Crippen LogP contribution is 2.69. The van der Waals surface area contributed by atoms with Gasteiger partial charge in [-0.15, -0.1) is 0 Å². The zero-order valence-corrected chi connectivity index (χ0v) is 16.3. The molecule has 2 aromatic rings. The van der Waals surface area contributed by atoms with Crippen molar-refractivity contribution in [1.82, 2.24) is 20.5 Å². The number of alkyl carbamates (subject to hydrolysis) is 1. The second-order valence-corrected chi connectivity index (χ2v) is 9.42. The lowest BCUT2D eigenvalue weighted by Crippen LogP contribution is -2.74. The molecule has 4 aliphatic carbocycles. The van der Waals surface area contributed by atoms with Crippen molar-refractivity contribution in [2.24, 2.45) is 5.41 Å². The number of ether oxygens (including phenoxy) is 1. The third-order valence-corrected chi connectivity index (χ3v) is 7.10. The molecule has 5 heterocycles. The molecule has 3 aliphatic heterocycles. The highest BCUT2D eigenvalue weighted by atomic mass is 16.6. The molecule has 7 nitrogen and oxygen atoms in total. The molecule has 0 radical (unpaired) electrons. The summed E-state index contributed by atoms with van der Waals surface area (Å²) in [5.41, 5.74) is 3.43. The van der Waals surface area contributed by atoms with Gasteiger partial charge in [0, 0.05) is 29.4 Å². The molecule has 4 fully saturated rings. The number of hydrogen-bond acceptors (Lipinski definition) is 5. The zero-order valence-electron chi connectivity index (χ0n) is 16.3. The van der Waals surface area contributed by atoms with Gasteiger partial charge in [0.25, 0.3) is 0 Å². The fourth-order valence-corrected chi connectivity index (χ4v) is 5.89. The average Bonchev–Trinajstić information content (AvgIpc) is 3.27. The Bertz CT molecular complexity index is 977. The van der Waals surface area contributed by atoms with Crippen molar-refractivity contribution in [3.8, 4) is 0 Å². The van der Waals surface area contributed by atoms with E-state index >= 15 is 0 Å². The van der Waals surface area contributed by atoms with E-state index < -0.39 is 0 Å². The molecule has 7 aliphatic rings. The number of pyridine rings is 1. The molecular formula is C22H25N5O2. The lowest BCUT2D eigenvalue weighted by atomic mass is 9.38. The normalized spacial score (nSPS) is 36.1. The van der Waals surface area contributed by atoms with E-state index in [1.54, 1.807) is 0 Å². The predicted octanol–water partition coefficient (Wildman–Crippen LogP) is 4.25. The summed E-state index contributed by atoms with van der Waals surface area (Å²) in [6.07, 6.45) is 14.7. The standard InChI is InChI=1S/C22H25N5O2/c28-20-25-22-11-21(12-22,13-22)5-1-2-14-6-16(10-23-9-14)24-19-8-18(26-27-19)15-3-4-17(7-15)29-20/h1-2,6,8-10,15,17H,3-5,7,11-13H2,(H,25,28)(H2,24,26,27)/b2-1+/t15-,17+,21?,22?/m0/s1. The van der Waals surface area contributed by atoms with Gasteiger partial charge >= 0.3 is 6.09 Å². The number of carbonyl (C=O) groups is 1. The number of nitrogens with one attached hydrogen (secondary N) is 3. The van der Waals surface area contributed by atoms with Crippen LogP contribution in [0, 0.1) is 5.41 Å². The fraction of sp³-hybridized carbons (Fsp3) is 0.500. The maximum absolute atomic E-state index is 12.4. The molecule has 150 valence electrons. The van der Waals surface area contributed by atoms with Crippen LogP contribution >= 0.6 is 0 Å². The van der Waals surface area contributed by atoms with Gasteiger partial charge < -0.3 is 15.4 Å². The van der Waals surface area contributed by atoms with Crippen LogP contribution in [-0.4, -0.2) is 32.9 Å². The highest BCUT2D eigenvalue weighted by Gasteiger charge is 2.67. The van der Waals surface area contributed by atoms with Crippen molar-refractivity contribution in [3.05, 3.63) is 41.9 Å². The number of nitrogens with zero attached hydrogens (tertiary/aromatic N) is 2. The molecule has 0 aromatic carbocycles. The van der Waals surface area contributed by atoms with Crippen LogP contribution in [0.4, 0.5) is 16.3 Å². The van der Waals surface area contributed by atoms with E-state index in [4.69, 9.17) is 4.74 Å². The third-order valence-electron chi connectivity index (χ3n) is 7.10. The van der Waals surface area contributed by atoms with Gasteiger partial charge in [-0.3, -0.25) is 10.1 Å². The van der Waals surface area contributed by atoms with Crippen molar-refractivity contribution < 1.29 is 9.53 Å². The Morgan fingerprint density at radius 1 is 1.14 bits per heavy atom. The van der Waals surface area contributed by atoms with Crippen LogP contribution in [0.15, 0.2) is 30.6 Å². The van der Waals surface area contributed by atoms with Crippen LogP contribution in [0.5, 0.6) is 0 Å². The zero-order chi connectivity index (χ0) is 19.5. The Kier molecular flexibility index (Phi) is 3.58. The van der Waals surface area contributed by atoms with Crippen molar-refractivity contribution in [2.45, 2.75) is 62.5 Å². The van der Waals surface area contributed by atoms with Gasteiger partial charge in [-0.05, 0) is 62.0 Å². The van der Waals surface area contributed by atoms with Crippen molar-refractivity contribution in [2.75, 3.05) is 5.32 Å². The van der Waals surface area contributed by atoms with Gasteiger partial charge in [0.15, 0.2) is 5.82 Å². The van der Waals surface area contributed by atoms with Gasteiger partial charge in [0.1, 0.15) is 6.10 Å². The van der Waals surface area contributed by atoms with Crippen molar-refractivity contribution in [3.63, 3.8) is 0 Å². The molecule has 7 heteroatoms. The number of rotatable bonds is 0. The fourth-order valence-electron chi connectivity index (χ4n) is 5.89. The maximum Gasteiger partial charge on any atom is 0.407 e. The molecule has 8 bridgehead atoms. The van der Waals surface area contributed by atoms with E-state index in [1.165, 1.54) is 0 Å². The number of carbonyl (C=O) groups excluding carboxylic acids is 1. The SMILES string of the molecule is O=C1NC23CC(C/C=C/c4cncc(c4)Nc4cc([nH]n4)[C@H]4CC[C@H](C4)O1)(C2)C3. The molecule has 1 amide bonds. The number of amides is 1. The molecule has 4 saturated carbocycles. The first kappa shape index (κ1) is 17.1. The smallest absolute Gasteiger partial charge is 0.407 e. The summed E-state index contributed by atoms with van der Waals surface area (Å²) in [5, 5.41) is 14.0. The lowest BCUT2D eigenvalue weighted by molar-refractivity contribution is -0.147. The van der Waals surface area contributed by atoms with E-state index in [0.717, 1.165) is 67.7 Å². The largest absolute Gasteiger partial charge is 0.446 e. The second kappa shape index (κ2) is 6.08. The summed E-state index contributed by atoms with van der Waals surface area (Å²) in [6, 6.07) is 4.14. The third kappa shape index (κ3) is 2.99. The molecule has 9 rings (SSSR count). The predicted molar refractivity (Wildman–Crippen MR) is 109 cm³/mol. The summed E-state index contributed by atoms with van der Waals surface area (Å²) in [5.74, 6) is 1.12. The summed E-state index contributed by atoms with van der Waals surface area (Å²) in [4.78, 5) is 16.8. The lowest BCUT2D eigenvalue weighted by Gasteiger charge is -2.70. The van der Waals surface area contributed by atoms with E-state index in [-0.39, 0.29) is 17.7 Å². The molecule has 2 atom stereocenters. The van der Waals surface area contributed by atoms with Crippen LogP contribution in [0.25, 0.3) is 6.08 Å².